The molecule has 0 saturated carbocycles. The van der Waals surface area contributed by atoms with Gasteiger partial charge in [-0.25, -0.2) is 0 Å². The van der Waals surface area contributed by atoms with E-state index in [4.69, 9.17) is 0 Å². The fraction of sp³-hybridized carbons (Fsp3) is 0.667. The van der Waals surface area contributed by atoms with Crippen LogP contribution in [0.5, 0.6) is 0 Å². The Bertz CT molecular complexity index is 160. The lowest BCUT2D eigenvalue weighted by Crippen LogP contribution is -2.40. The molecule has 0 amide bonds. The Morgan fingerprint density at radius 2 is 1.45 bits per heavy atom. The van der Waals surface area contributed by atoms with Crippen molar-refractivity contribution in [1.29, 1.82) is 0 Å². The van der Waals surface area contributed by atoms with Gasteiger partial charge in [0.25, 0.3) is 0 Å². The Morgan fingerprint density at radius 1 is 1.09 bits per heavy atom. The molecule has 0 aromatic carbocycles. The van der Waals surface area contributed by atoms with Crippen LogP contribution in [0, 0.1) is 0 Å². The van der Waals surface area contributed by atoms with E-state index in [0.29, 0.717) is 0 Å². The van der Waals surface area contributed by atoms with Crippen molar-refractivity contribution in [1.82, 2.24) is 0 Å². The molecule has 0 bridgehead atoms. The molecule has 0 aliphatic rings. The maximum Gasteiger partial charge on any atom is 0.459 e. The van der Waals surface area contributed by atoms with Gasteiger partial charge in [-0.05, 0) is 4.53 Å². The van der Waals surface area contributed by atoms with Crippen LogP contribution in [0.3, 0.4) is 0 Å². The van der Waals surface area contributed by atoms with Crippen molar-refractivity contribution >= 4 is 5.78 Å². The molecule has 0 aliphatic heterocycles. The number of hydrogen-bond acceptors (Lipinski definition) is 2. The Morgan fingerprint density at radius 3 is 1.55 bits per heavy atom. The van der Waals surface area contributed by atoms with E-state index in [9.17, 15) is 31.3 Å². The molecule has 0 unspecified atom stereocenters. The smallest absolute Gasteiger partial charge is 0.279 e. The highest BCUT2D eigenvalue weighted by molar-refractivity contribution is 5.89. The predicted molar refractivity (Wildman–Crippen MR) is 18.2 cm³/mol. The molecule has 0 saturated heterocycles. The monoisotopic (exact) mass is 182 g/mol. The van der Waals surface area contributed by atoms with Crippen molar-refractivity contribution in [3.63, 3.8) is 0 Å². The topological polar surface area (TPSA) is 26.3 Å². The lowest BCUT2D eigenvalue weighted by Gasteiger charge is -2.10. The zero-order valence-corrected chi connectivity index (χ0v) is 4.58. The molecule has 0 aromatic rings. The standard InChI is InChI=1S/C3F6O2/c4-2(5,6)1(10)3(7,8)11-9. The molecule has 0 aromatic heterocycles. The Kier molecular flexibility index (Phi) is 2.49. The first-order valence-electron chi connectivity index (χ1n) is 2.01. The third kappa shape index (κ3) is 2.37. The van der Waals surface area contributed by atoms with Crippen LogP contribution in [-0.2, 0) is 9.74 Å². The van der Waals surface area contributed by atoms with Crippen LogP contribution in [0.15, 0.2) is 0 Å². The number of rotatable bonds is 2. The summed E-state index contributed by atoms with van der Waals surface area (Å²) in [7, 11) is 0. The molecule has 0 fully saturated rings. The Labute approximate surface area is 55.6 Å². The molecule has 66 valence electrons. The van der Waals surface area contributed by atoms with E-state index in [-0.39, 0.29) is 0 Å². The summed E-state index contributed by atoms with van der Waals surface area (Å²) in [4.78, 5) is 11.0. The van der Waals surface area contributed by atoms with Gasteiger partial charge in [0.15, 0.2) is 0 Å². The average molecular weight is 182 g/mol. The first kappa shape index (κ1) is 10.2. The first-order valence-corrected chi connectivity index (χ1v) is 2.01. The van der Waals surface area contributed by atoms with E-state index in [1.165, 1.54) is 4.94 Å². The van der Waals surface area contributed by atoms with Crippen molar-refractivity contribution < 1.29 is 36.2 Å². The van der Waals surface area contributed by atoms with Crippen molar-refractivity contribution in [2.24, 2.45) is 0 Å². The zero-order chi connectivity index (χ0) is 9.28. The van der Waals surface area contributed by atoms with Gasteiger partial charge >= 0.3 is 18.1 Å². The van der Waals surface area contributed by atoms with Crippen molar-refractivity contribution in [2.45, 2.75) is 12.3 Å². The molecule has 0 atom stereocenters. The Hall–Kier alpha value is -0.790. The van der Waals surface area contributed by atoms with Crippen LogP contribution < -0.4 is 0 Å². The molecule has 11 heavy (non-hydrogen) atoms. The molecule has 0 radical (unpaired) electrons. The van der Waals surface area contributed by atoms with Gasteiger partial charge in [-0.2, -0.15) is 22.0 Å². The SMILES string of the molecule is O=C(C(F)(F)F)C(F)(F)OF. The van der Waals surface area contributed by atoms with Gasteiger partial charge in [0.05, 0.1) is 0 Å². The van der Waals surface area contributed by atoms with Crippen LogP contribution >= 0.6 is 0 Å². The summed E-state index contributed by atoms with van der Waals surface area (Å²) in [6.45, 7) is 0. The van der Waals surface area contributed by atoms with Gasteiger partial charge in [-0.3, -0.25) is 4.79 Å². The summed E-state index contributed by atoms with van der Waals surface area (Å²) in [5.41, 5.74) is 0. The average Bonchev–Trinajstić information content (AvgIpc) is 1.84. The van der Waals surface area contributed by atoms with E-state index in [0.717, 1.165) is 0 Å². The largest absolute Gasteiger partial charge is 0.459 e. The second-order valence-corrected chi connectivity index (χ2v) is 1.42. The quantitative estimate of drug-likeness (QED) is 0.606. The number of carbonyl (C=O) groups is 1. The third-order valence-electron chi connectivity index (χ3n) is 0.619. The summed E-state index contributed by atoms with van der Waals surface area (Å²) < 4.78 is 66.5. The second-order valence-electron chi connectivity index (χ2n) is 1.42. The van der Waals surface area contributed by atoms with E-state index >= 15 is 0 Å². The minimum absolute atomic E-state index is 1.52. The Balaban J connectivity index is 4.50. The molecule has 2 nitrogen and oxygen atoms in total. The van der Waals surface area contributed by atoms with Crippen LogP contribution in [0.2, 0.25) is 0 Å². The highest BCUT2D eigenvalue weighted by atomic mass is 19.4. The first-order chi connectivity index (χ1) is 4.72. The van der Waals surface area contributed by atoms with Crippen LogP contribution in [-0.4, -0.2) is 18.1 Å². The maximum atomic E-state index is 11.4. The molecule has 0 N–H and O–H groups in total. The predicted octanol–water partition coefficient (Wildman–Crippen LogP) is 1.61. The van der Waals surface area contributed by atoms with E-state index in [1.807, 2.05) is 0 Å². The molecular formula is C3F6O2. The lowest BCUT2D eigenvalue weighted by atomic mass is 10.4. The van der Waals surface area contributed by atoms with Gasteiger partial charge in [0.2, 0.25) is 0 Å². The summed E-state index contributed by atoms with van der Waals surface area (Å²) in [6, 6.07) is 0. The van der Waals surface area contributed by atoms with Gasteiger partial charge in [-0.1, -0.05) is 0 Å². The number of alkyl halides is 5. The molecule has 0 aliphatic carbocycles. The number of ketones is 1. The van der Waals surface area contributed by atoms with E-state index < -0.39 is 18.1 Å². The van der Waals surface area contributed by atoms with Gasteiger partial charge < -0.3 is 0 Å². The van der Waals surface area contributed by atoms with Crippen LogP contribution in [0.4, 0.5) is 26.5 Å². The van der Waals surface area contributed by atoms with Gasteiger partial charge in [0.1, 0.15) is 0 Å². The fourth-order valence-corrected chi connectivity index (χ4v) is 0.200. The van der Waals surface area contributed by atoms with E-state index in [1.54, 1.807) is 0 Å². The number of Topliss-reactive ketones (excluding diaryl/α,β-unsaturated/α-hetero) is 1. The van der Waals surface area contributed by atoms with Crippen LogP contribution in [0.1, 0.15) is 0 Å². The summed E-state index contributed by atoms with van der Waals surface area (Å²) in [5.74, 6) is -3.58. The number of carbonyl (C=O) groups excluding carboxylic acids is 1. The number of hydrogen-bond donors (Lipinski definition) is 0. The van der Waals surface area contributed by atoms with Gasteiger partial charge in [-0.15, -0.1) is 4.94 Å². The number of halogens is 6. The molecule has 8 heteroatoms. The molecular weight excluding hydrogens is 182 g/mol. The summed E-state index contributed by atoms with van der Waals surface area (Å²) in [5, 5.41) is 0. The van der Waals surface area contributed by atoms with E-state index in [2.05, 4.69) is 0 Å². The highest BCUT2D eigenvalue weighted by Crippen LogP contribution is 2.28. The summed E-state index contributed by atoms with van der Waals surface area (Å²) >= 11 is 0. The molecule has 0 heterocycles. The fourth-order valence-electron chi connectivity index (χ4n) is 0.200. The third-order valence-corrected chi connectivity index (χ3v) is 0.619. The normalized spacial score (nSPS) is 13.3. The molecule has 0 spiro atoms. The van der Waals surface area contributed by atoms with Crippen molar-refractivity contribution in [3.05, 3.63) is 0 Å². The second kappa shape index (κ2) is 2.68. The minimum Gasteiger partial charge on any atom is -0.279 e. The highest BCUT2D eigenvalue weighted by Gasteiger charge is 2.57. The van der Waals surface area contributed by atoms with Crippen molar-refractivity contribution in [3.8, 4) is 0 Å². The minimum atomic E-state index is -5.81. The zero-order valence-electron chi connectivity index (χ0n) is 4.58. The lowest BCUT2D eigenvalue weighted by molar-refractivity contribution is -0.343. The van der Waals surface area contributed by atoms with Gasteiger partial charge in [0, 0.05) is 0 Å². The van der Waals surface area contributed by atoms with Crippen molar-refractivity contribution in [2.75, 3.05) is 0 Å². The van der Waals surface area contributed by atoms with Crippen LogP contribution in [0.25, 0.3) is 0 Å². The summed E-state index contributed by atoms with van der Waals surface area (Å²) in [6.07, 6.45) is -11.3. The maximum absolute atomic E-state index is 11.4. The molecule has 0 rings (SSSR count).